The van der Waals surface area contributed by atoms with Crippen LogP contribution in [0.1, 0.15) is 25.2 Å². The number of nitrogens with zero attached hydrogens (tertiary/aromatic N) is 3. The highest BCUT2D eigenvalue weighted by Gasteiger charge is 2.13. The molecule has 3 aromatic heterocycles. The minimum atomic E-state index is -0.200. The molecule has 3 aromatic rings. The van der Waals surface area contributed by atoms with Gasteiger partial charge in [0, 0.05) is 22.4 Å². The Kier molecular flexibility index (Phi) is 4.75. The molecule has 0 atom stereocenters. The van der Waals surface area contributed by atoms with Gasteiger partial charge in [0.1, 0.15) is 0 Å². The molecule has 3 N–H and O–H groups in total. The number of pyridine rings is 1. The van der Waals surface area contributed by atoms with Crippen molar-refractivity contribution >= 4 is 45.0 Å². The number of thiazole rings is 1. The van der Waals surface area contributed by atoms with Gasteiger partial charge < -0.3 is 10.6 Å². The Labute approximate surface area is 148 Å². The summed E-state index contributed by atoms with van der Waals surface area (Å²) >= 11 is 1.30. The molecule has 0 spiro atoms. The highest BCUT2D eigenvalue weighted by Crippen LogP contribution is 2.19. The highest BCUT2D eigenvalue weighted by atomic mass is 32.1. The van der Waals surface area contributed by atoms with E-state index in [1.165, 1.54) is 11.3 Å². The van der Waals surface area contributed by atoms with Crippen molar-refractivity contribution in [1.82, 2.24) is 20.2 Å². The second kappa shape index (κ2) is 6.98. The average Bonchev–Trinajstić information content (AvgIpc) is 3.14. The SMILES string of the molecule is Cc1[nH]nc2ncc(NC(=O)Cc3csc(NC(=O)C(C)C)n3)cc12. The van der Waals surface area contributed by atoms with Gasteiger partial charge in [-0.1, -0.05) is 13.8 Å². The summed E-state index contributed by atoms with van der Waals surface area (Å²) < 4.78 is 0. The first kappa shape index (κ1) is 17.0. The molecule has 0 aliphatic rings. The van der Waals surface area contributed by atoms with E-state index in [4.69, 9.17) is 0 Å². The largest absolute Gasteiger partial charge is 0.324 e. The number of carbonyl (C=O) groups is 2. The lowest BCUT2D eigenvalue weighted by atomic mass is 10.2. The van der Waals surface area contributed by atoms with E-state index < -0.39 is 0 Å². The van der Waals surface area contributed by atoms with Crippen molar-refractivity contribution in [1.29, 1.82) is 0 Å². The van der Waals surface area contributed by atoms with E-state index in [-0.39, 0.29) is 24.2 Å². The van der Waals surface area contributed by atoms with Gasteiger partial charge >= 0.3 is 0 Å². The summed E-state index contributed by atoms with van der Waals surface area (Å²) in [5.41, 5.74) is 2.71. The number of aromatic nitrogens is 4. The van der Waals surface area contributed by atoms with Crippen LogP contribution >= 0.6 is 11.3 Å². The maximum Gasteiger partial charge on any atom is 0.230 e. The standard InChI is InChI=1S/C16H18N6O2S/c1-8(2)15(24)20-16-19-11(7-25-16)5-13(23)18-10-4-12-9(3)21-22-14(12)17-6-10/h4,6-8H,5H2,1-3H3,(H,18,23)(H,17,21,22)(H,19,20,24). The van der Waals surface area contributed by atoms with Crippen molar-refractivity contribution in [2.75, 3.05) is 10.6 Å². The summed E-state index contributed by atoms with van der Waals surface area (Å²) in [4.78, 5) is 32.3. The summed E-state index contributed by atoms with van der Waals surface area (Å²) in [6.45, 7) is 5.51. The second-order valence-corrected chi connectivity index (χ2v) is 6.81. The van der Waals surface area contributed by atoms with Gasteiger partial charge in [0.15, 0.2) is 10.8 Å². The molecule has 9 heteroatoms. The first-order valence-electron chi connectivity index (χ1n) is 7.78. The Hall–Kier alpha value is -2.81. The Morgan fingerprint density at radius 1 is 1.32 bits per heavy atom. The molecule has 0 aliphatic carbocycles. The van der Waals surface area contributed by atoms with Crippen molar-refractivity contribution in [2.24, 2.45) is 5.92 Å². The lowest BCUT2D eigenvalue weighted by molar-refractivity contribution is -0.119. The normalized spacial score (nSPS) is 11.0. The highest BCUT2D eigenvalue weighted by molar-refractivity contribution is 7.13. The molecule has 0 saturated carbocycles. The number of fused-ring (bicyclic) bond motifs is 1. The summed E-state index contributed by atoms with van der Waals surface area (Å²) in [5.74, 6) is -0.418. The van der Waals surface area contributed by atoms with Gasteiger partial charge in [0.25, 0.3) is 0 Å². The minimum Gasteiger partial charge on any atom is -0.324 e. The van der Waals surface area contributed by atoms with E-state index in [0.29, 0.717) is 22.2 Å². The van der Waals surface area contributed by atoms with E-state index in [1.807, 2.05) is 26.8 Å². The fraction of sp³-hybridized carbons (Fsp3) is 0.312. The third kappa shape index (κ3) is 4.00. The van der Waals surface area contributed by atoms with Crippen LogP contribution in [-0.2, 0) is 16.0 Å². The molecule has 0 radical (unpaired) electrons. The minimum absolute atomic E-state index is 0.0970. The zero-order chi connectivity index (χ0) is 18.0. The fourth-order valence-corrected chi connectivity index (χ4v) is 2.87. The lowest BCUT2D eigenvalue weighted by Gasteiger charge is -2.04. The molecule has 0 unspecified atom stereocenters. The van der Waals surface area contributed by atoms with E-state index >= 15 is 0 Å². The Bertz CT molecular complexity index is 930. The van der Waals surface area contributed by atoms with Gasteiger partial charge in [-0.3, -0.25) is 14.7 Å². The number of aromatic amines is 1. The van der Waals surface area contributed by atoms with E-state index in [0.717, 1.165) is 11.1 Å². The van der Waals surface area contributed by atoms with Gasteiger partial charge in [0.05, 0.1) is 24.0 Å². The second-order valence-electron chi connectivity index (χ2n) is 5.96. The predicted molar refractivity (Wildman–Crippen MR) is 96.5 cm³/mol. The van der Waals surface area contributed by atoms with Gasteiger partial charge in [-0.15, -0.1) is 11.3 Å². The lowest BCUT2D eigenvalue weighted by Crippen LogP contribution is -2.18. The van der Waals surface area contributed by atoms with Crippen molar-refractivity contribution in [3.05, 3.63) is 29.0 Å². The number of hydrogen-bond acceptors (Lipinski definition) is 6. The third-order valence-corrected chi connectivity index (χ3v) is 4.34. The summed E-state index contributed by atoms with van der Waals surface area (Å²) in [6, 6.07) is 1.83. The number of aryl methyl sites for hydroxylation is 1. The van der Waals surface area contributed by atoms with Gasteiger partial charge in [-0.2, -0.15) is 5.10 Å². The molecule has 25 heavy (non-hydrogen) atoms. The Morgan fingerprint density at radius 2 is 2.12 bits per heavy atom. The topological polar surface area (TPSA) is 113 Å². The Morgan fingerprint density at radius 3 is 2.88 bits per heavy atom. The number of carbonyl (C=O) groups excluding carboxylic acids is 2. The molecule has 8 nitrogen and oxygen atoms in total. The maximum absolute atomic E-state index is 12.2. The van der Waals surface area contributed by atoms with Crippen LogP contribution in [0.2, 0.25) is 0 Å². The van der Waals surface area contributed by atoms with Crippen LogP contribution in [0, 0.1) is 12.8 Å². The molecule has 0 aliphatic heterocycles. The molecule has 0 fully saturated rings. The summed E-state index contributed by atoms with van der Waals surface area (Å²) in [5, 5.41) is 15.6. The summed E-state index contributed by atoms with van der Waals surface area (Å²) in [6.07, 6.45) is 1.69. The van der Waals surface area contributed by atoms with Crippen LogP contribution in [0.4, 0.5) is 10.8 Å². The number of rotatable bonds is 5. The predicted octanol–water partition coefficient (Wildman–Crippen LogP) is 2.50. The van der Waals surface area contributed by atoms with Crippen molar-refractivity contribution in [3.63, 3.8) is 0 Å². The van der Waals surface area contributed by atoms with Crippen LogP contribution in [0.5, 0.6) is 0 Å². The molecule has 2 amide bonds. The number of nitrogens with one attached hydrogen (secondary N) is 3. The molecule has 0 aromatic carbocycles. The average molecular weight is 358 g/mol. The molecule has 0 bridgehead atoms. The molecule has 3 rings (SSSR count). The van der Waals surface area contributed by atoms with Gasteiger partial charge in [-0.25, -0.2) is 9.97 Å². The van der Waals surface area contributed by atoms with Crippen LogP contribution in [-0.4, -0.2) is 32.0 Å². The first-order chi connectivity index (χ1) is 11.9. The smallest absolute Gasteiger partial charge is 0.230 e. The van der Waals surface area contributed by atoms with Crippen LogP contribution in [0.25, 0.3) is 11.0 Å². The van der Waals surface area contributed by atoms with Gasteiger partial charge in [0.2, 0.25) is 11.8 Å². The Balaban J connectivity index is 1.63. The van der Waals surface area contributed by atoms with Crippen LogP contribution < -0.4 is 10.6 Å². The molecule has 3 heterocycles. The maximum atomic E-state index is 12.2. The molecular formula is C16H18N6O2S. The number of hydrogen-bond donors (Lipinski definition) is 3. The number of anilines is 2. The number of H-pyrrole nitrogens is 1. The van der Waals surface area contributed by atoms with Crippen molar-refractivity contribution in [3.8, 4) is 0 Å². The van der Waals surface area contributed by atoms with E-state index in [2.05, 4.69) is 30.8 Å². The third-order valence-electron chi connectivity index (χ3n) is 3.53. The van der Waals surface area contributed by atoms with Crippen LogP contribution in [0.15, 0.2) is 17.6 Å². The zero-order valence-electron chi connectivity index (χ0n) is 14.1. The molecule has 130 valence electrons. The van der Waals surface area contributed by atoms with Crippen LogP contribution in [0.3, 0.4) is 0 Å². The van der Waals surface area contributed by atoms with E-state index in [9.17, 15) is 9.59 Å². The van der Waals surface area contributed by atoms with Gasteiger partial charge in [-0.05, 0) is 13.0 Å². The van der Waals surface area contributed by atoms with E-state index in [1.54, 1.807) is 11.6 Å². The summed E-state index contributed by atoms with van der Waals surface area (Å²) in [7, 11) is 0. The molecule has 0 saturated heterocycles. The van der Waals surface area contributed by atoms with Crippen molar-refractivity contribution < 1.29 is 9.59 Å². The zero-order valence-corrected chi connectivity index (χ0v) is 14.9. The monoisotopic (exact) mass is 358 g/mol. The quantitative estimate of drug-likeness (QED) is 0.648. The first-order valence-corrected chi connectivity index (χ1v) is 8.66. The number of amides is 2. The molecular weight excluding hydrogens is 340 g/mol. The fourth-order valence-electron chi connectivity index (χ4n) is 2.15. The van der Waals surface area contributed by atoms with Crippen molar-refractivity contribution in [2.45, 2.75) is 27.2 Å².